The summed E-state index contributed by atoms with van der Waals surface area (Å²) >= 11 is 6.07. The van der Waals surface area contributed by atoms with E-state index in [1.165, 1.54) is 6.07 Å². The van der Waals surface area contributed by atoms with Crippen molar-refractivity contribution in [3.8, 4) is 0 Å². The number of carbonyl (C=O) groups is 1. The maximum atomic E-state index is 12.3. The SMILES string of the molecule is CS(=O)(=O)N1C(=O)CN=C(c2ccccc2)c2cc(Cl)ccc21. The van der Waals surface area contributed by atoms with Gasteiger partial charge in [0.25, 0.3) is 5.91 Å². The van der Waals surface area contributed by atoms with Gasteiger partial charge in [0.2, 0.25) is 10.0 Å². The minimum Gasteiger partial charge on any atom is -0.274 e. The number of anilines is 1. The molecule has 0 aliphatic carbocycles. The Labute approximate surface area is 139 Å². The van der Waals surface area contributed by atoms with Crippen molar-refractivity contribution in [3.63, 3.8) is 0 Å². The second-order valence-corrected chi connectivity index (χ2v) is 7.38. The molecule has 118 valence electrons. The first kappa shape index (κ1) is 15.7. The number of benzene rings is 2. The van der Waals surface area contributed by atoms with Gasteiger partial charge in [-0.1, -0.05) is 41.9 Å². The van der Waals surface area contributed by atoms with Crippen molar-refractivity contribution in [2.75, 3.05) is 17.1 Å². The van der Waals surface area contributed by atoms with Gasteiger partial charge in [-0.05, 0) is 18.2 Å². The zero-order chi connectivity index (χ0) is 16.6. The average molecular weight is 349 g/mol. The van der Waals surface area contributed by atoms with Gasteiger partial charge in [0.1, 0.15) is 6.54 Å². The van der Waals surface area contributed by atoms with Crippen LogP contribution < -0.4 is 4.31 Å². The van der Waals surface area contributed by atoms with Gasteiger partial charge in [0, 0.05) is 16.1 Å². The Morgan fingerprint density at radius 1 is 1.13 bits per heavy atom. The zero-order valence-electron chi connectivity index (χ0n) is 12.2. The van der Waals surface area contributed by atoms with Crippen LogP contribution in [0.4, 0.5) is 5.69 Å². The number of hydrogen-bond donors (Lipinski definition) is 0. The highest BCUT2D eigenvalue weighted by molar-refractivity contribution is 7.92. The Morgan fingerprint density at radius 2 is 1.83 bits per heavy atom. The molecule has 0 radical (unpaired) electrons. The van der Waals surface area contributed by atoms with Crippen molar-refractivity contribution in [1.29, 1.82) is 0 Å². The summed E-state index contributed by atoms with van der Waals surface area (Å²) in [6.07, 6.45) is 0.997. The molecule has 0 saturated carbocycles. The molecule has 0 bridgehead atoms. The zero-order valence-corrected chi connectivity index (χ0v) is 13.8. The fraction of sp³-hybridized carbons (Fsp3) is 0.125. The molecule has 1 aliphatic rings. The lowest BCUT2D eigenvalue weighted by Crippen LogP contribution is -2.37. The van der Waals surface area contributed by atoms with E-state index < -0.39 is 15.9 Å². The monoisotopic (exact) mass is 348 g/mol. The number of amides is 1. The number of aliphatic imine (C=N–C) groups is 1. The molecular formula is C16H13ClN2O3S. The molecule has 0 aromatic heterocycles. The van der Waals surface area contributed by atoms with E-state index in [2.05, 4.69) is 4.99 Å². The molecule has 0 atom stereocenters. The van der Waals surface area contributed by atoms with Crippen LogP contribution in [0.5, 0.6) is 0 Å². The van der Waals surface area contributed by atoms with Crippen molar-refractivity contribution in [2.45, 2.75) is 0 Å². The van der Waals surface area contributed by atoms with Crippen molar-refractivity contribution >= 4 is 38.9 Å². The van der Waals surface area contributed by atoms with Crippen LogP contribution in [-0.4, -0.2) is 32.8 Å². The lowest BCUT2D eigenvalue weighted by atomic mass is 10.0. The number of carbonyl (C=O) groups excluding carboxylic acids is 1. The summed E-state index contributed by atoms with van der Waals surface area (Å²) in [5.41, 5.74) is 2.11. The van der Waals surface area contributed by atoms with E-state index in [9.17, 15) is 13.2 Å². The Balaban J connectivity index is 2.29. The van der Waals surface area contributed by atoms with Crippen LogP contribution in [0.3, 0.4) is 0 Å². The van der Waals surface area contributed by atoms with E-state index in [-0.39, 0.29) is 12.2 Å². The number of halogens is 1. The molecule has 1 amide bonds. The largest absolute Gasteiger partial charge is 0.274 e. The lowest BCUT2D eigenvalue weighted by molar-refractivity contribution is -0.116. The third kappa shape index (κ3) is 3.00. The third-order valence-corrected chi connectivity index (χ3v) is 4.71. The molecule has 1 heterocycles. The first-order chi connectivity index (χ1) is 10.9. The van der Waals surface area contributed by atoms with Gasteiger partial charge in [-0.25, -0.2) is 12.7 Å². The lowest BCUT2D eigenvalue weighted by Gasteiger charge is -2.20. The normalized spacial score (nSPS) is 15.0. The Bertz CT molecular complexity index is 908. The molecule has 1 aliphatic heterocycles. The molecule has 7 heteroatoms. The smallest absolute Gasteiger partial charge is 0.262 e. The highest BCUT2D eigenvalue weighted by Gasteiger charge is 2.31. The Hall–Kier alpha value is -2.18. The van der Waals surface area contributed by atoms with Crippen LogP contribution in [0.1, 0.15) is 11.1 Å². The molecule has 0 saturated heterocycles. The average Bonchev–Trinajstić information content (AvgIpc) is 2.63. The Morgan fingerprint density at radius 3 is 2.48 bits per heavy atom. The molecule has 23 heavy (non-hydrogen) atoms. The second-order valence-electron chi connectivity index (χ2n) is 5.11. The summed E-state index contributed by atoms with van der Waals surface area (Å²) in [4.78, 5) is 16.6. The highest BCUT2D eigenvalue weighted by atomic mass is 35.5. The van der Waals surface area contributed by atoms with E-state index in [1.54, 1.807) is 12.1 Å². The van der Waals surface area contributed by atoms with Crippen LogP contribution in [0, 0.1) is 0 Å². The van der Waals surface area contributed by atoms with E-state index in [0.717, 1.165) is 16.1 Å². The number of fused-ring (bicyclic) bond motifs is 1. The molecule has 0 N–H and O–H groups in total. The fourth-order valence-corrected chi connectivity index (χ4v) is 3.63. The summed E-state index contributed by atoms with van der Waals surface area (Å²) < 4.78 is 24.9. The molecule has 0 unspecified atom stereocenters. The van der Waals surface area contributed by atoms with Crippen LogP contribution in [0.2, 0.25) is 5.02 Å². The number of sulfonamides is 1. The van der Waals surface area contributed by atoms with Gasteiger partial charge in [-0.2, -0.15) is 0 Å². The quantitative estimate of drug-likeness (QED) is 0.837. The first-order valence-electron chi connectivity index (χ1n) is 6.81. The van der Waals surface area contributed by atoms with Crippen molar-refractivity contribution in [3.05, 3.63) is 64.7 Å². The van der Waals surface area contributed by atoms with Crippen molar-refractivity contribution < 1.29 is 13.2 Å². The summed E-state index contributed by atoms with van der Waals surface area (Å²) in [7, 11) is -3.76. The number of rotatable bonds is 2. The fourth-order valence-electron chi connectivity index (χ4n) is 2.51. The summed E-state index contributed by atoms with van der Waals surface area (Å²) in [6, 6.07) is 14.0. The molecule has 0 spiro atoms. The predicted octanol–water partition coefficient (Wildman–Crippen LogP) is 2.48. The van der Waals surface area contributed by atoms with Gasteiger partial charge < -0.3 is 0 Å². The van der Waals surface area contributed by atoms with Crippen LogP contribution >= 0.6 is 11.6 Å². The maximum absolute atomic E-state index is 12.3. The van der Waals surface area contributed by atoms with Crippen LogP contribution in [0.15, 0.2) is 53.5 Å². The highest BCUT2D eigenvalue weighted by Crippen LogP contribution is 2.31. The second kappa shape index (κ2) is 5.79. The van der Waals surface area contributed by atoms with Crippen LogP contribution in [-0.2, 0) is 14.8 Å². The minimum absolute atomic E-state index is 0.246. The van der Waals surface area contributed by atoms with Gasteiger partial charge in [-0.15, -0.1) is 0 Å². The Kier molecular flexibility index (Phi) is 3.95. The standard InChI is InChI=1S/C16H13ClN2O3S/c1-23(21,22)19-14-8-7-12(17)9-13(14)16(18-10-15(19)20)11-5-3-2-4-6-11/h2-9H,10H2,1H3. The minimum atomic E-state index is -3.76. The summed E-state index contributed by atoms with van der Waals surface area (Å²) in [5, 5.41) is 0.440. The molecule has 3 rings (SSSR count). The van der Waals surface area contributed by atoms with Gasteiger partial charge in [0.05, 0.1) is 17.7 Å². The molecule has 0 fully saturated rings. The maximum Gasteiger partial charge on any atom is 0.262 e. The van der Waals surface area contributed by atoms with E-state index in [0.29, 0.717) is 16.3 Å². The third-order valence-electron chi connectivity index (χ3n) is 3.41. The summed E-state index contributed by atoms with van der Waals surface area (Å²) in [6.45, 7) is -0.246. The molecule has 2 aromatic carbocycles. The van der Waals surface area contributed by atoms with Gasteiger partial charge in [-0.3, -0.25) is 9.79 Å². The van der Waals surface area contributed by atoms with Gasteiger partial charge >= 0.3 is 0 Å². The number of benzodiazepines with no additional fused rings is 1. The number of hydrogen-bond acceptors (Lipinski definition) is 4. The van der Waals surface area contributed by atoms with E-state index in [1.807, 2.05) is 30.3 Å². The topological polar surface area (TPSA) is 66.8 Å². The molecular weight excluding hydrogens is 336 g/mol. The molecule has 5 nitrogen and oxygen atoms in total. The first-order valence-corrected chi connectivity index (χ1v) is 9.03. The van der Waals surface area contributed by atoms with E-state index >= 15 is 0 Å². The molecule has 2 aromatic rings. The van der Waals surface area contributed by atoms with Crippen molar-refractivity contribution in [2.24, 2.45) is 4.99 Å². The number of nitrogens with zero attached hydrogens (tertiary/aromatic N) is 2. The van der Waals surface area contributed by atoms with Crippen molar-refractivity contribution in [1.82, 2.24) is 0 Å². The summed E-state index contributed by atoms with van der Waals surface area (Å²) in [5.74, 6) is -0.595. The van der Waals surface area contributed by atoms with Gasteiger partial charge in [0.15, 0.2) is 0 Å². The van der Waals surface area contributed by atoms with E-state index in [4.69, 9.17) is 11.6 Å². The predicted molar refractivity (Wildman–Crippen MR) is 90.7 cm³/mol. The van der Waals surface area contributed by atoms with Crippen LogP contribution in [0.25, 0.3) is 0 Å².